The summed E-state index contributed by atoms with van der Waals surface area (Å²) >= 11 is 7.65. The molecule has 1 amide bonds. The molecule has 1 N–H and O–H groups in total. The lowest BCUT2D eigenvalue weighted by Crippen LogP contribution is -2.14. The maximum absolute atomic E-state index is 12.6. The molecule has 0 radical (unpaired) electrons. The summed E-state index contributed by atoms with van der Waals surface area (Å²) in [6, 6.07) is 16.8. The van der Waals surface area contributed by atoms with Crippen LogP contribution in [0.15, 0.2) is 66.2 Å². The predicted octanol–water partition coefficient (Wildman–Crippen LogP) is 4.97. The molecule has 118 valence electrons. The minimum absolute atomic E-state index is 0.259. The molecule has 0 bridgehead atoms. The number of hydrogen-bond donors (Lipinski definition) is 1. The smallest absolute Gasteiger partial charge is 0.258 e. The molecule has 4 nitrogen and oxygen atoms in total. The standard InChI is InChI=1S/C18H12ClN3OS/c19-14-9-5-4-8-13(14)17(23)21-16-15(12-6-2-1-3-7-12)20-18-22(16)10-11-24-18/h1-11H,(H,21,23). The number of nitrogens with zero attached hydrogens (tertiary/aromatic N) is 2. The Balaban J connectivity index is 1.80. The molecular weight excluding hydrogens is 342 g/mol. The van der Waals surface area contributed by atoms with Crippen molar-refractivity contribution >= 4 is 39.6 Å². The van der Waals surface area contributed by atoms with Crippen LogP contribution in [0.1, 0.15) is 10.4 Å². The van der Waals surface area contributed by atoms with Crippen LogP contribution in [0.25, 0.3) is 16.2 Å². The first-order valence-corrected chi connectivity index (χ1v) is 8.56. The number of carbonyl (C=O) groups excluding carboxylic acids is 1. The van der Waals surface area contributed by atoms with Crippen LogP contribution in [0.3, 0.4) is 0 Å². The van der Waals surface area contributed by atoms with Crippen LogP contribution in [0.5, 0.6) is 0 Å². The number of imidazole rings is 1. The van der Waals surface area contributed by atoms with Crippen LogP contribution in [-0.2, 0) is 0 Å². The fourth-order valence-corrected chi connectivity index (χ4v) is 3.46. The normalized spacial score (nSPS) is 10.9. The van der Waals surface area contributed by atoms with E-state index in [1.165, 1.54) is 11.3 Å². The van der Waals surface area contributed by atoms with Crippen molar-refractivity contribution < 1.29 is 4.79 Å². The summed E-state index contributed by atoms with van der Waals surface area (Å²) in [7, 11) is 0. The lowest BCUT2D eigenvalue weighted by atomic mass is 10.1. The number of nitrogens with one attached hydrogen (secondary N) is 1. The maximum Gasteiger partial charge on any atom is 0.258 e. The second-order valence-electron chi connectivity index (χ2n) is 5.16. The van der Waals surface area contributed by atoms with Gasteiger partial charge in [0.05, 0.1) is 10.6 Å². The van der Waals surface area contributed by atoms with Crippen LogP contribution in [0.4, 0.5) is 5.82 Å². The number of amides is 1. The molecule has 0 aliphatic rings. The van der Waals surface area contributed by atoms with Crippen molar-refractivity contribution in [3.05, 3.63) is 76.8 Å². The average molecular weight is 354 g/mol. The van der Waals surface area contributed by atoms with Gasteiger partial charge in [-0.2, -0.15) is 0 Å². The quantitative estimate of drug-likeness (QED) is 0.565. The van der Waals surface area contributed by atoms with Crippen LogP contribution >= 0.6 is 22.9 Å². The number of halogens is 1. The number of anilines is 1. The molecule has 2 aromatic carbocycles. The molecule has 0 aliphatic heterocycles. The van der Waals surface area contributed by atoms with E-state index in [1.807, 2.05) is 46.3 Å². The molecule has 0 spiro atoms. The number of fused-ring (bicyclic) bond motifs is 1. The largest absolute Gasteiger partial charge is 0.306 e. The molecule has 4 rings (SSSR count). The van der Waals surface area contributed by atoms with E-state index in [1.54, 1.807) is 24.3 Å². The van der Waals surface area contributed by atoms with Crippen molar-refractivity contribution in [1.29, 1.82) is 0 Å². The van der Waals surface area contributed by atoms with Gasteiger partial charge in [0.15, 0.2) is 4.96 Å². The SMILES string of the molecule is O=C(Nc1c(-c2ccccc2)nc2sccn12)c1ccccc1Cl. The van der Waals surface area contributed by atoms with E-state index in [0.717, 1.165) is 16.2 Å². The first-order chi connectivity index (χ1) is 11.7. The summed E-state index contributed by atoms with van der Waals surface area (Å²) in [6.07, 6.45) is 1.89. The number of carbonyl (C=O) groups is 1. The lowest BCUT2D eigenvalue weighted by Gasteiger charge is -2.08. The van der Waals surface area contributed by atoms with E-state index in [4.69, 9.17) is 11.6 Å². The van der Waals surface area contributed by atoms with Gasteiger partial charge in [0.2, 0.25) is 0 Å². The van der Waals surface area contributed by atoms with E-state index in [9.17, 15) is 4.79 Å². The summed E-state index contributed by atoms with van der Waals surface area (Å²) in [5, 5.41) is 5.31. The Morgan fingerprint density at radius 3 is 2.62 bits per heavy atom. The van der Waals surface area contributed by atoms with Crippen molar-refractivity contribution in [3.8, 4) is 11.3 Å². The summed E-state index contributed by atoms with van der Waals surface area (Å²) in [5.41, 5.74) is 2.12. The number of thiazole rings is 1. The molecule has 2 heterocycles. The third-order valence-electron chi connectivity index (χ3n) is 3.66. The zero-order valence-corrected chi connectivity index (χ0v) is 14.0. The molecule has 0 unspecified atom stereocenters. The Morgan fingerprint density at radius 1 is 1.08 bits per heavy atom. The molecule has 6 heteroatoms. The number of hydrogen-bond acceptors (Lipinski definition) is 3. The molecular formula is C18H12ClN3OS. The fourth-order valence-electron chi connectivity index (χ4n) is 2.52. The highest BCUT2D eigenvalue weighted by atomic mass is 35.5. The van der Waals surface area contributed by atoms with Gasteiger partial charge in [-0.15, -0.1) is 11.3 Å². The molecule has 0 atom stereocenters. The Bertz CT molecular complexity index is 1020. The molecule has 0 saturated heterocycles. The second-order valence-corrected chi connectivity index (χ2v) is 6.44. The fraction of sp³-hybridized carbons (Fsp3) is 0. The van der Waals surface area contributed by atoms with E-state index < -0.39 is 0 Å². The molecule has 4 aromatic rings. The zero-order chi connectivity index (χ0) is 16.5. The highest BCUT2D eigenvalue weighted by Gasteiger charge is 2.18. The third-order valence-corrected chi connectivity index (χ3v) is 4.75. The van der Waals surface area contributed by atoms with Gasteiger partial charge in [-0.3, -0.25) is 9.20 Å². The molecule has 0 fully saturated rings. The Labute approximate surface area is 147 Å². The third kappa shape index (κ3) is 2.58. The predicted molar refractivity (Wildman–Crippen MR) is 97.9 cm³/mol. The van der Waals surface area contributed by atoms with Gasteiger partial charge in [0, 0.05) is 17.1 Å². The minimum atomic E-state index is -0.259. The first kappa shape index (κ1) is 14.9. The second kappa shape index (κ2) is 6.11. The summed E-state index contributed by atoms with van der Waals surface area (Å²) in [5.74, 6) is 0.383. The van der Waals surface area contributed by atoms with Gasteiger partial charge in [0.1, 0.15) is 11.5 Å². The Morgan fingerprint density at radius 2 is 1.83 bits per heavy atom. The van der Waals surface area contributed by atoms with Gasteiger partial charge in [0.25, 0.3) is 5.91 Å². The van der Waals surface area contributed by atoms with Gasteiger partial charge in [-0.1, -0.05) is 54.1 Å². The van der Waals surface area contributed by atoms with Crippen molar-refractivity contribution in [2.24, 2.45) is 0 Å². The van der Waals surface area contributed by atoms with Crippen molar-refractivity contribution in [2.45, 2.75) is 0 Å². The molecule has 0 aliphatic carbocycles. The topological polar surface area (TPSA) is 46.4 Å². The monoisotopic (exact) mass is 353 g/mol. The summed E-state index contributed by atoms with van der Waals surface area (Å²) < 4.78 is 1.88. The average Bonchev–Trinajstić information content (AvgIpc) is 3.19. The van der Waals surface area contributed by atoms with Crippen molar-refractivity contribution in [2.75, 3.05) is 5.32 Å². The minimum Gasteiger partial charge on any atom is -0.306 e. The molecule has 2 aromatic heterocycles. The Kier molecular flexibility index (Phi) is 3.80. The van der Waals surface area contributed by atoms with Gasteiger partial charge in [-0.05, 0) is 12.1 Å². The maximum atomic E-state index is 12.6. The first-order valence-electron chi connectivity index (χ1n) is 7.31. The van der Waals surface area contributed by atoms with Crippen LogP contribution in [-0.4, -0.2) is 15.3 Å². The number of rotatable bonds is 3. The van der Waals surface area contributed by atoms with Gasteiger partial charge < -0.3 is 5.32 Å². The van der Waals surface area contributed by atoms with E-state index in [-0.39, 0.29) is 5.91 Å². The van der Waals surface area contributed by atoms with Crippen LogP contribution in [0, 0.1) is 0 Å². The molecule has 24 heavy (non-hydrogen) atoms. The number of benzene rings is 2. The van der Waals surface area contributed by atoms with E-state index >= 15 is 0 Å². The van der Waals surface area contributed by atoms with Gasteiger partial charge in [-0.25, -0.2) is 4.98 Å². The van der Waals surface area contributed by atoms with Crippen LogP contribution in [0.2, 0.25) is 5.02 Å². The van der Waals surface area contributed by atoms with E-state index in [2.05, 4.69) is 10.3 Å². The Hall–Kier alpha value is -2.63. The van der Waals surface area contributed by atoms with Crippen molar-refractivity contribution in [1.82, 2.24) is 9.38 Å². The van der Waals surface area contributed by atoms with Gasteiger partial charge >= 0.3 is 0 Å². The highest BCUT2D eigenvalue weighted by Crippen LogP contribution is 2.31. The zero-order valence-electron chi connectivity index (χ0n) is 12.4. The van der Waals surface area contributed by atoms with Crippen molar-refractivity contribution in [3.63, 3.8) is 0 Å². The summed E-state index contributed by atoms with van der Waals surface area (Å²) in [4.78, 5) is 18.1. The van der Waals surface area contributed by atoms with Crippen LogP contribution < -0.4 is 5.32 Å². The number of aromatic nitrogens is 2. The highest BCUT2D eigenvalue weighted by molar-refractivity contribution is 7.15. The van der Waals surface area contributed by atoms with E-state index in [0.29, 0.717) is 16.4 Å². The lowest BCUT2D eigenvalue weighted by molar-refractivity contribution is 0.102. The molecule has 0 saturated carbocycles. The summed E-state index contributed by atoms with van der Waals surface area (Å²) in [6.45, 7) is 0.